The molecule has 0 radical (unpaired) electrons. The predicted molar refractivity (Wildman–Crippen MR) is 74.9 cm³/mol. The molecule has 0 N–H and O–H groups in total. The molecule has 2 rings (SSSR count). The summed E-state index contributed by atoms with van der Waals surface area (Å²) in [7, 11) is 0. The number of hydrogen-bond acceptors (Lipinski definition) is 5. The molecule has 2 heterocycles. The number of thiazole rings is 1. The van der Waals surface area contributed by atoms with Gasteiger partial charge in [-0.2, -0.15) is 0 Å². The number of aryl methyl sites for hydroxylation is 1. The topological polar surface area (TPSA) is 52.1 Å². The van der Waals surface area contributed by atoms with Crippen LogP contribution in [0, 0.1) is 6.92 Å². The van der Waals surface area contributed by atoms with Crippen molar-refractivity contribution >= 4 is 17.1 Å². The molecular formula is C14H16N2O2S. The zero-order chi connectivity index (χ0) is 13.7. The van der Waals surface area contributed by atoms with Crippen LogP contribution in [0.5, 0.6) is 5.75 Å². The zero-order valence-corrected chi connectivity index (χ0v) is 11.9. The highest BCUT2D eigenvalue weighted by Gasteiger charge is 2.05. The van der Waals surface area contributed by atoms with Crippen LogP contribution in [0.15, 0.2) is 23.8 Å². The Labute approximate surface area is 116 Å². The second-order valence-electron chi connectivity index (χ2n) is 4.12. The summed E-state index contributed by atoms with van der Waals surface area (Å²) in [6.07, 6.45) is 2.91. The average Bonchev–Trinajstić information content (AvgIpc) is 2.84. The van der Waals surface area contributed by atoms with Gasteiger partial charge in [-0.1, -0.05) is 6.92 Å². The quantitative estimate of drug-likeness (QED) is 0.761. The summed E-state index contributed by atoms with van der Waals surface area (Å²) < 4.78 is 5.61. The third-order valence-electron chi connectivity index (χ3n) is 2.79. The van der Waals surface area contributed by atoms with Crippen molar-refractivity contribution in [1.82, 2.24) is 9.97 Å². The van der Waals surface area contributed by atoms with Crippen molar-refractivity contribution in [3.8, 4) is 5.75 Å². The Kier molecular flexibility index (Phi) is 4.63. The van der Waals surface area contributed by atoms with Crippen molar-refractivity contribution < 1.29 is 9.53 Å². The van der Waals surface area contributed by atoms with E-state index in [1.54, 1.807) is 29.7 Å². The number of pyridine rings is 1. The third-order valence-corrected chi connectivity index (χ3v) is 3.78. The van der Waals surface area contributed by atoms with Gasteiger partial charge >= 0.3 is 0 Å². The SMILES string of the molecule is CCC(=O)c1ccc(OCCc2scnc2C)cn1. The Balaban J connectivity index is 1.86. The van der Waals surface area contributed by atoms with Crippen LogP contribution in [0.3, 0.4) is 0 Å². The van der Waals surface area contributed by atoms with Crippen LogP contribution < -0.4 is 4.74 Å². The third kappa shape index (κ3) is 3.61. The smallest absolute Gasteiger partial charge is 0.180 e. The fraction of sp³-hybridized carbons (Fsp3) is 0.357. The second-order valence-corrected chi connectivity index (χ2v) is 5.05. The van der Waals surface area contributed by atoms with E-state index in [0.717, 1.165) is 12.1 Å². The summed E-state index contributed by atoms with van der Waals surface area (Å²) in [6, 6.07) is 3.49. The molecule has 0 aliphatic heterocycles. The predicted octanol–water partition coefficient (Wildman–Crippen LogP) is 3.06. The van der Waals surface area contributed by atoms with Crippen molar-refractivity contribution in [3.63, 3.8) is 0 Å². The number of rotatable bonds is 6. The van der Waals surface area contributed by atoms with Crippen molar-refractivity contribution in [3.05, 3.63) is 40.1 Å². The molecule has 19 heavy (non-hydrogen) atoms. The first-order valence-corrected chi connectivity index (χ1v) is 7.09. The maximum Gasteiger partial charge on any atom is 0.180 e. The van der Waals surface area contributed by atoms with E-state index in [4.69, 9.17) is 4.74 Å². The van der Waals surface area contributed by atoms with E-state index in [2.05, 4.69) is 9.97 Å². The van der Waals surface area contributed by atoms with Gasteiger partial charge in [-0.25, -0.2) is 9.97 Å². The van der Waals surface area contributed by atoms with Gasteiger partial charge in [0.2, 0.25) is 0 Å². The van der Waals surface area contributed by atoms with E-state index >= 15 is 0 Å². The Morgan fingerprint density at radius 2 is 2.21 bits per heavy atom. The number of Topliss-reactive ketones (excluding diaryl/α,β-unsaturated/α-hetero) is 1. The molecule has 2 aromatic rings. The van der Waals surface area contributed by atoms with Crippen LogP contribution in [-0.4, -0.2) is 22.4 Å². The van der Waals surface area contributed by atoms with E-state index < -0.39 is 0 Å². The first-order chi connectivity index (χ1) is 9.20. The van der Waals surface area contributed by atoms with Gasteiger partial charge in [-0.15, -0.1) is 11.3 Å². The van der Waals surface area contributed by atoms with Crippen LogP contribution in [0.4, 0.5) is 0 Å². The summed E-state index contributed by atoms with van der Waals surface area (Å²) in [4.78, 5) is 21.0. The maximum absolute atomic E-state index is 11.4. The Hall–Kier alpha value is -1.75. The lowest BCUT2D eigenvalue weighted by Gasteiger charge is -2.05. The Bertz CT molecular complexity index is 549. The van der Waals surface area contributed by atoms with Gasteiger partial charge in [0.15, 0.2) is 5.78 Å². The molecule has 4 nitrogen and oxygen atoms in total. The molecule has 0 spiro atoms. The molecule has 0 aromatic carbocycles. The fourth-order valence-corrected chi connectivity index (χ4v) is 2.40. The molecule has 0 amide bonds. The molecule has 5 heteroatoms. The lowest BCUT2D eigenvalue weighted by molar-refractivity contribution is 0.0983. The van der Waals surface area contributed by atoms with Gasteiger partial charge in [0.1, 0.15) is 11.4 Å². The van der Waals surface area contributed by atoms with Crippen molar-refractivity contribution in [2.45, 2.75) is 26.7 Å². The first kappa shape index (κ1) is 13.7. The lowest BCUT2D eigenvalue weighted by atomic mass is 10.2. The van der Waals surface area contributed by atoms with E-state index in [9.17, 15) is 4.79 Å². The van der Waals surface area contributed by atoms with Crippen molar-refractivity contribution in [2.24, 2.45) is 0 Å². The summed E-state index contributed by atoms with van der Waals surface area (Å²) in [5.74, 6) is 0.738. The van der Waals surface area contributed by atoms with Gasteiger partial charge in [-0.3, -0.25) is 4.79 Å². The monoisotopic (exact) mass is 276 g/mol. The molecule has 0 saturated carbocycles. The molecule has 0 bridgehead atoms. The summed E-state index contributed by atoms with van der Waals surface area (Å²) in [5, 5.41) is 0. The van der Waals surface area contributed by atoms with Gasteiger partial charge < -0.3 is 4.74 Å². The lowest BCUT2D eigenvalue weighted by Crippen LogP contribution is -2.03. The minimum Gasteiger partial charge on any atom is -0.492 e. The summed E-state index contributed by atoms with van der Waals surface area (Å²) >= 11 is 1.64. The minimum atomic E-state index is 0.0480. The Morgan fingerprint density at radius 1 is 1.37 bits per heavy atom. The largest absolute Gasteiger partial charge is 0.492 e. The fourth-order valence-electron chi connectivity index (χ4n) is 1.64. The second kappa shape index (κ2) is 6.43. The molecule has 0 aliphatic rings. The van der Waals surface area contributed by atoms with Crippen LogP contribution in [0.2, 0.25) is 0 Å². The number of carbonyl (C=O) groups excluding carboxylic acids is 1. The van der Waals surface area contributed by atoms with Crippen molar-refractivity contribution in [1.29, 1.82) is 0 Å². The molecule has 0 unspecified atom stereocenters. The maximum atomic E-state index is 11.4. The van der Waals surface area contributed by atoms with Crippen LogP contribution in [0.25, 0.3) is 0 Å². The molecule has 0 fully saturated rings. The van der Waals surface area contributed by atoms with Gasteiger partial charge in [-0.05, 0) is 19.1 Å². The summed E-state index contributed by atoms with van der Waals surface area (Å²) in [6.45, 7) is 4.41. The van der Waals surface area contributed by atoms with E-state index in [1.165, 1.54) is 4.88 Å². The summed E-state index contributed by atoms with van der Waals surface area (Å²) in [5.41, 5.74) is 3.40. The van der Waals surface area contributed by atoms with E-state index in [-0.39, 0.29) is 5.78 Å². The normalized spacial score (nSPS) is 10.4. The Morgan fingerprint density at radius 3 is 2.79 bits per heavy atom. The molecule has 2 aromatic heterocycles. The molecular weight excluding hydrogens is 260 g/mol. The number of hydrogen-bond donors (Lipinski definition) is 0. The average molecular weight is 276 g/mol. The number of ketones is 1. The minimum absolute atomic E-state index is 0.0480. The van der Waals surface area contributed by atoms with E-state index in [0.29, 0.717) is 24.5 Å². The van der Waals surface area contributed by atoms with Crippen molar-refractivity contribution in [2.75, 3.05) is 6.61 Å². The molecule has 100 valence electrons. The zero-order valence-electron chi connectivity index (χ0n) is 11.0. The number of nitrogens with zero attached hydrogens (tertiary/aromatic N) is 2. The van der Waals surface area contributed by atoms with Crippen LogP contribution in [0.1, 0.15) is 34.4 Å². The van der Waals surface area contributed by atoms with Gasteiger partial charge in [0.05, 0.1) is 24.0 Å². The highest BCUT2D eigenvalue weighted by Crippen LogP contribution is 2.15. The molecule has 0 aliphatic carbocycles. The van der Waals surface area contributed by atoms with E-state index in [1.807, 2.05) is 19.4 Å². The number of carbonyl (C=O) groups is 1. The van der Waals surface area contributed by atoms with Gasteiger partial charge in [0, 0.05) is 17.7 Å². The standard InChI is InChI=1S/C14H16N2O2S/c1-3-13(17)12-5-4-11(8-15-12)18-7-6-14-10(2)16-9-19-14/h4-5,8-9H,3,6-7H2,1-2H3. The molecule has 0 saturated heterocycles. The van der Waals surface area contributed by atoms with Gasteiger partial charge in [0.25, 0.3) is 0 Å². The highest BCUT2D eigenvalue weighted by molar-refractivity contribution is 7.09. The highest BCUT2D eigenvalue weighted by atomic mass is 32.1. The number of ether oxygens (including phenoxy) is 1. The van der Waals surface area contributed by atoms with Crippen LogP contribution >= 0.6 is 11.3 Å². The first-order valence-electron chi connectivity index (χ1n) is 6.21. The molecule has 0 atom stereocenters. The number of aromatic nitrogens is 2. The van der Waals surface area contributed by atoms with Crippen LogP contribution in [-0.2, 0) is 6.42 Å².